The van der Waals surface area contributed by atoms with Crippen LogP contribution >= 0.6 is 0 Å². The molecule has 3 atom stereocenters. The molecule has 667 valence electrons. The van der Waals surface area contributed by atoms with E-state index < -0.39 is 64.9 Å². The van der Waals surface area contributed by atoms with E-state index in [1.54, 1.807) is 73.5 Å². The number of aliphatic hydroxyl groups is 1. The number of halogens is 10. The first-order valence-electron chi connectivity index (χ1n) is 37.9. The number of aryl methyl sites for hydroxylation is 2. The molecule has 0 saturated heterocycles. The number of nitrogens with zero attached hydrogens (tertiary/aromatic N) is 9. The molecule has 3 unspecified atom stereocenters. The Morgan fingerprint density at radius 2 is 1.23 bits per heavy atom. The summed E-state index contributed by atoms with van der Waals surface area (Å²) in [6.07, 6.45) is 24.0. The van der Waals surface area contributed by atoms with Crippen LogP contribution in [0.4, 0.5) is 61.1 Å². The van der Waals surface area contributed by atoms with E-state index in [0.29, 0.717) is 66.7 Å². The number of anilines is 2. The number of hydrogen-bond donors (Lipinski definition) is 6. The minimum absolute atomic E-state index is 0. The number of nitrogens with one attached hydrogen (secondary N) is 4. The Labute approximate surface area is 767 Å². The molecule has 5 aromatic heterocycles. The van der Waals surface area contributed by atoms with Crippen molar-refractivity contribution >= 4 is 41.3 Å². The van der Waals surface area contributed by atoms with Crippen LogP contribution in [0.15, 0.2) is 176 Å². The summed E-state index contributed by atoms with van der Waals surface area (Å²) in [5.74, 6) is -2.53. The molecule has 0 fully saturated rings. The Morgan fingerprint density at radius 3 is 1.75 bits per heavy atom. The standard InChI is InChI=1S/C17H15F2N2.C17H20N3.C16H16F2N.C16H17FN.C14H16F2N2.C7H10F3N2O.C6H8N2O2.Co.3Ir/c1-4-5-11(2)12-8-9-21-15(10-12)13-6-7-14(18)17(20-3)16(13)19;1-12(2)13(3)14-8-9-19-17(10-14)20-11-15-6-4-5-7-16(15)18;1-16(2,3)10-12-13(17)8-7-11(15(12)18)14-6-4-5-9-19-14;1-16(2,3)11-12-8-9-18-15(10-12)13-4-6-14(17)7-5-13;1-14(2,3)9-10-11(15)5-6-12(13(10)16)18-8-4-7-17;1-6(13,7(8,9)10)5-12-4-2-3-11;1-4-7-5(6(9)10)3-8(4)2;;;;/h7-11H,4-5H2,1-2H3;4-10,12-13,18H,1-3H3,(H,19,20);4-6,8-9H,10H2,1-3H3;4,6-10H,11H2,1-3H3;4-5,7-8,18H,9H2,1-3H3;2-4,12-13H,5H2,1H3;3H,1-2H3,(H,9,10);;;;/q4*-1;-2;-1;;;;;+3/b;;;;8-4-;4-2-;;;;;. The third-order valence-electron chi connectivity index (χ3n) is 17.3. The zero-order chi connectivity index (χ0) is 89.2. The van der Waals surface area contributed by atoms with Crippen LogP contribution in [-0.2, 0) is 103 Å². The Hall–Kier alpha value is -9.53. The summed E-state index contributed by atoms with van der Waals surface area (Å²) < 4.78 is 134. The van der Waals surface area contributed by atoms with Crippen LogP contribution in [0.2, 0.25) is 0 Å². The molecule has 6 N–H and O–H groups in total. The van der Waals surface area contributed by atoms with Gasteiger partial charge in [-0.3, -0.25) is 40.6 Å². The van der Waals surface area contributed by atoms with Crippen molar-refractivity contribution in [2.24, 2.45) is 29.2 Å². The summed E-state index contributed by atoms with van der Waals surface area (Å²) in [5, 5.41) is 49.5. The molecule has 0 saturated carbocycles. The number of carboxylic acid groups (broad SMARTS) is 1. The zero-order valence-corrected chi connectivity index (χ0v) is 79.5. The SMILES string of the molecule is CC(C)(C)Cc1c(F)c[c-]c(-c2ccccn2)c1F.CC(C)(C)Cc1c(F)c[c-]c(N/C=C\C=[N-])c1F.CC(C)(C)Cc1ccnc(-c2[c-]cc(F)cc2)c1.CC(C)C(C)c1ccnc(N[C-]=C2C=CC=CC2=N)c1.CC(O)(CN/C=C\C=[N-])C(F)(F)F.Cc1nc(C(=O)O)cn1C.[C-]#[N+]c1c(F)c[c-]c(-c2cc(C(C)CCC)ccn2)c1F.[Co].[Ir+3].[Ir].[Ir]. The molecular weight excluding hydrogens is 2170 g/mol. The van der Waals surface area contributed by atoms with E-state index in [9.17, 15) is 48.7 Å². The third kappa shape index (κ3) is 39.5. The van der Waals surface area contributed by atoms with E-state index in [1.807, 2.05) is 90.2 Å². The summed E-state index contributed by atoms with van der Waals surface area (Å²) in [4.78, 5) is 33.8. The molecular formula is C93H102CoF10Ir3N13O3-4. The average Bonchev–Trinajstić information content (AvgIpc) is 1.13. The van der Waals surface area contributed by atoms with E-state index in [1.165, 1.54) is 47.8 Å². The van der Waals surface area contributed by atoms with Crippen molar-refractivity contribution in [3.63, 3.8) is 0 Å². The summed E-state index contributed by atoms with van der Waals surface area (Å²) >= 11 is 0. The fraction of sp³-hybridized carbons (Fsp3) is 0.333. The molecule has 4 aromatic carbocycles. The van der Waals surface area contributed by atoms with Crippen LogP contribution in [0, 0.1) is 112 Å². The molecule has 0 aliphatic heterocycles. The molecule has 9 aromatic rings. The Morgan fingerprint density at radius 1 is 0.675 bits per heavy atom. The van der Waals surface area contributed by atoms with Crippen molar-refractivity contribution in [1.29, 1.82) is 5.41 Å². The number of benzene rings is 4. The average molecular weight is 2280 g/mol. The van der Waals surface area contributed by atoms with Gasteiger partial charge < -0.3 is 61.9 Å². The van der Waals surface area contributed by atoms with Crippen molar-refractivity contribution in [3.8, 4) is 33.8 Å². The molecule has 16 nitrogen and oxygen atoms in total. The number of aromatic nitrogens is 6. The van der Waals surface area contributed by atoms with E-state index in [4.69, 9.17) is 33.0 Å². The monoisotopic (exact) mass is 2280 g/mol. The Bertz CT molecular complexity index is 5020. The second-order valence-electron chi connectivity index (χ2n) is 31.7. The second-order valence-corrected chi connectivity index (χ2v) is 31.7. The maximum absolute atomic E-state index is 14.4. The second kappa shape index (κ2) is 54.3. The molecule has 5 heterocycles. The van der Waals surface area contributed by atoms with Crippen molar-refractivity contribution in [3.05, 3.63) is 309 Å². The van der Waals surface area contributed by atoms with Gasteiger partial charge >= 0.3 is 32.3 Å². The number of imidazole rings is 1. The number of carboxylic acids is 1. The largest absolute Gasteiger partial charge is 3.00 e. The van der Waals surface area contributed by atoms with Crippen LogP contribution < -0.4 is 16.0 Å². The molecule has 1 aliphatic carbocycles. The van der Waals surface area contributed by atoms with Gasteiger partial charge in [0.25, 0.3) is 0 Å². The number of rotatable bonds is 21. The zero-order valence-electron chi connectivity index (χ0n) is 71.2. The van der Waals surface area contributed by atoms with E-state index >= 15 is 0 Å². The maximum atomic E-state index is 14.4. The first-order valence-corrected chi connectivity index (χ1v) is 37.9. The van der Waals surface area contributed by atoms with Gasteiger partial charge in [-0.15, -0.1) is 83.4 Å². The van der Waals surface area contributed by atoms with Gasteiger partial charge in [-0.25, -0.2) is 9.78 Å². The third-order valence-corrected chi connectivity index (χ3v) is 17.3. The first-order chi connectivity index (χ1) is 55.7. The molecule has 0 amide bonds. The van der Waals surface area contributed by atoms with Crippen molar-refractivity contribution in [1.82, 2.24) is 34.8 Å². The summed E-state index contributed by atoms with van der Waals surface area (Å²) in [7, 11) is 1.76. The number of carbonyl (C=O) groups is 1. The normalized spacial score (nSPS) is 12.7. The number of aromatic carboxylic acids is 1. The molecule has 1 aliphatic rings. The fourth-order valence-corrected chi connectivity index (χ4v) is 10.7. The van der Waals surface area contributed by atoms with Crippen molar-refractivity contribution in [2.75, 3.05) is 17.2 Å². The van der Waals surface area contributed by atoms with Gasteiger partial charge in [-0.1, -0.05) is 192 Å². The van der Waals surface area contributed by atoms with Gasteiger partial charge in [0.15, 0.2) is 17.0 Å². The van der Waals surface area contributed by atoms with Gasteiger partial charge in [-0.05, 0) is 144 Å². The van der Waals surface area contributed by atoms with Gasteiger partial charge in [0.1, 0.15) is 5.82 Å². The quantitative estimate of drug-likeness (QED) is 0.0171. The van der Waals surface area contributed by atoms with Crippen LogP contribution in [-0.4, -0.2) is 82.1 Å². The number of allylic oxidation sites excluding steroid dienone is 7. The van der Waals surface area contributed by atoms with Crippen molar-refractivity contribution in [2.45, 2.75) is 166 Å². The van der Waals surface area contributed by atoms with Gasteiger partial charge in [-0.2, -0.15) is 31.7 Å². The van der Waals surface area contributed by atoms with Gasteiger partial charge in [0.05, 0.1) is 18.9 Å². The molecule has 3 radical (unpaired) electrons. The van der Waals surface area contributed by atoms with Crippen LogP contribution in [0.1, 0.15) is 173 Å². The number of hydrogen-bond acceptors (Lipinski definition) is 11. The maximum Gasteiger partial charge on any atom is 3.00 e. The minimum Gasteiger partial charge on any atom is -0.811 e. The number of pyridine rings is 4. The van der Waals surface area contributed by atoms with E-state index in [0.717, 1.165) is 78.1 Å². The molecule has 0 spiro atoms. The Kier molecular flexibility index (Phi) is 50.1. The van der Waals surface area contributed by atoms with Crippen LogP contribution in [0.25, 0.3) is 49.4 Å². The molecule has 10 rings (SSSR count). The first kappa shape index (κ1) is 113. The van der Waals surface area contributed by atoms with Crippen molar-refractivity contribution < 1.29 is 136 Å². The van der Waals surface area contributed by atoms with E-state index in [2.05, 4.69) is 138 Å². The summed E-state index contributed by atoms with van der Waals surface area (Å²) in [6, 6.07) is 35.4. The molecule has 30 heteroatoms. The molecule has 0 bridgehead atoms. The predicted octanol–water partition coefficient (Wildman–Crippen LogP) is 23.4. The number of alkyl halides is 3. The smallest absolute Gasteiger partial charge is 0.811 e. The van der Waals surface area contributed by atoms with Crippen LogP contribution in [0.5, 0.6) is 0 Å². The fourth-order valence-electron chi connectivity index (χ4n) is 10.7. The minimum atomic E-state index is -4.67. The Balaban J connectivity index is 0.00000142. The van der Waals surface area contributed by atoms with Crippen LogP contribution in [0.3, 0.4) is 0 Å². The van der Waals surface area contributed by atoms with Gasteiger partial charge in [0.2, 0.25) is 0 Å². The predicted molar refractivity (Wildman–Crippen MR) is 454 cm³/mol. The summed E-state index contributed by atoms with van der Waals surface area (Å²) in [5.41, 5.74) is 4.27. The topological polar surface area (TPSA) is 236 Å². The summed E-state index contributed by atoms with van der Waals surface area (Å²) in [6.45, 7) is 37.7. The van der Waals surface area contributed by atoms with E-state index in [-0.39, 0.29) is 133 Å². The van der Waals surface area contributed by atoms with Gasteiger partial charge in [0, 0.05) is 136 Å². The molecule has 123 heavy (non-hydrogen) atoms.